The molecule has 9 heteroatoms. The zero-order valence-corrected chi connectivity index (χ0v) is 12.3. The van der Waals surface area contributed by atoms with Crippen LogP contribution in [0.5, 0.6) is 0 Å². The molecule has 0 aliphatic rings. The van der Waals surface area contributed by atoms with Gasteiger partial charge in [0.15, 0.2) is 0 Å². The Kier molecular flexibility index (Phi) is 5.68. The van der Waals surface area contributed by atoms with Gasteiger partial charge in [-0.1, -0.05) is 0 Å². The maximum Gasteiger partial charge on any atom is 0.245 e. The third-order valence-corrected chi connectivity index (χ3v) is 4.93. The number of rotatable bonds is 6. The number of aliphatic hydroxyl groups excluding tert-OH is 2. The second-order valence-electron chi connectivity index (χ2n) is 3.66. The topological polar surface area (TPSA) is 104 Å². The van der Waals surface area contributed by atoms with Crippen LogP contribution in [0.15, 0.2) is 21.5 Å². The summed E-state index contributed by atoms with van der Waals surface area (Å²) in [5.41, 5.74) is 5.28. The van der Waals surface area contributed by atoms with Crippen LogP contribution in [0.4, 0.5) is 10.1 Å². The summed E-state index contributed by atoms with van der Waals surface area (Å²) in [5.74, 6) is -0.674. The molecule has 1 aromatic rings. The Morgan fingerprint density at radius 1 is 1.26 bits per heavy atom. The fraction of sp³-hybridized carbons (Fsp3) is 0.400. The number of hydrogen-bond donors (Lipinski definition) is 3. The summed E-state index contributed by atoms with van der Waals surface area (Å²) in [7, 11) is -4.00. The van der Waals surface area contributed by atoms with Crippen molar-refractivity contribution in [3.8, 4) is 0 Å². The number of nitrogens with two attached hydrogens (primary N) is 1. The van der Waals surface area contributed by atoms with E-state index >= 15 is 0 Å². The van der Waals surface area contributed by atoms with Gasteiger partial charge >= 0.3 is 0 Å². The summed E-state index contributed by atoms with van der Waals surface area (Å²) in [5, 5.41) is 17.7. The van der Waals surface area contributed by atoms with Gasteiger partial charge in [0.2, 0.25) is 10.0 Å². The molecule has 108 valence electrons. The van der Waals surface area contributed by atoms with Crippen molar-refractivity contribution < 1.29 is 23.0 Å². The van der Waals surface area contributed by atoms with Gasteiger partial charge < -0.3 is 15.9 Å². The van der Waals surface area contributed by atoms with Crippen molar-refractivity contribution >= 4 is 31.6 Å². The van der Waals surface area contributed by atoms with E-state index in [0.717, 1.165) is 16.4 Å². The van der Waals surface area contributed by atoms with Crippen molar-refractivity contribution in [3.63, 3.8) is 0 Å². The number of benzene rings is 1. The average molecular weight is 357 g/mol. The van der Waals surface area contributed by atoms with Gasteiger partial charge in [0.1, 0.15) is 10.7 Å². The summed E-state index contributed by atoms with van der Waals surface area (Å²) in [4.78, 5) is -0.275. The monoisotopic (exact) mass is 356 g/mol. The minimum Gasteiger partial charge on any atom is -0.398 e. The Balaban J connectivity index is 3.28. The first-order valence-corrected chi connectivity index (χ1v) is 7.54. The Morgan fingerprint density at radius 2 is 1.79 bits per heavy atom. The van der Waals surface area contributed by atoms with Crippen LogP contribution in [0.25, 0.3) is 0 Å². The van der Waals surface area contributed by atoms with Crippen molar-refractivity contribution in [1.82, 2.24) is 4.31 Å². The standard InChI is InChI=1S/C10H14BrFN2O4S/c11-7-5-10(9(13)6-8(7)12)19(17,18)14(1-3-15)2-4-16/h5-6,15-16H,1-4,13H2. The SMILES string of the molecule is Nc1cc(F)c(Br)cc1S(=O)(=O)N(CCO)CCO. The second kappa shape index (κ2) is 6.62. The lowest BCUT2D eigenvalue weighted by Crippen LogP contribution is -2.36. The molecule has 0 radical (unpaired) electrons. The smallest absolute Gasteiger partial charge is 0.245 e. The molecule has 4 N–H and O–H groups in total. The van der Waals surface area contributed by atoms with Crippen LogP contribution < -0.4 is 5.73 Å². The quantitative estimate of drug-likeness (QED) is 0.629. The minimum atomic E-state index is -4.00. The van der Waals surface area contributed by atoms with Gasteiger partial charge in [0.25, 0.3) is 0 Å². The van der Waals surface area contributed by atoms with E-state index in [9.17, 15) is 12.8 Å². The van der Waals surface area contributed by atoms with Gasteiger partial charge in [-0.05, 0) is 28.1 Å². The molecule has 0 atom stereocenters. The van der Waals surface area contributed by atoms with Gasteiger partial charge in [-0.2, -0.15) is 4.31 Å². The maximum atomic E-state index is 13.2. The highest BCUT2D eigenvalue weighted by atomic mass is 79.9. The molecule has 1 aromatic carbocycles. The first-order chi connectivity index (χ1) is 8.84. The number of nitrogen functional groups attached to an aromatic ring is 1. The average Bonchev–Trinajstić information content (AvgIpc) is 2.33. The molecule has 0 saturated carbocycles. The summed E-state index contributed by atoms with van der Waals surface area (Å²) in [6.07, 6.45) is 0. The molecular formula is C10H14BrFN2O4S. The molecule has 1 rings (SSSR count). The number of aliphatic hydroxyl groups is 2. The summed E-state index contributed by atoms with van der Waals surface area (Å²) in [6.45, 7) is -1.17. The summed E-state index contributed by atoms with van der Waals surface area (Å²) >= 11 is 2.89. The van der Waals surface area contributed by atoms with E-state index < -0.39 is 29.1 Å². The fourth-order valence-corrected chi connectivity index (χ4v) is 3.52. The van der Waals surface area contributed by atoms with Crippen LogP contribution in [-0.2, 0) is 10.0 Å². The minimum absolute atomic E-state index is 0.0341. The Labute approximate surface area is 118 Å². The van der Waals surface area contributed by atoms with Crippen molar-refractivity contribution in [2.75, 3.05) is 32.0 Å². The highest BCUT2D eigenvalue weighted by molar-refractivity contribution is 9.10. The normalized spacial score (nSPS) is 12.1. The first-order valence-electron chi connectivity index (χ1n) is 5.31. The van der Waals surface area contributed by atoms with Gasteiger partial charge in [0.05, 0.1) is 23.4 Å². The molecule has 0 spiro atoms. The highest BCUT2D eigenvalue weighted by Crippen LogP contribution is 2.28. The van der Waals surface area contributed by atoms with E-state index in [0.29, 0.717) is 0 Å². The Morgan fingerprint density at radius 3 is 2.26 bits per heavy atom. The van der Waals surface area contributed by atoms with Crippen LogP contribution in [-0.4, -0.2) is 49.2 Å². The van der Waals surface area contributed by atoms with Crippen molar-refractivity contribution in [2.45, 2.75) is 4.90 Å². The molecule has 0 aromatic heterocycles. The molecule has 0 aliphatic heterocycles. The van der Waals surface area contributed by atoms with Gasteiger partial charge in [-0.3, -0.25) is 0 Å². The van der Waals surface area contributed by atoms with Gasteiger partial charge in [0, 0.05) is 13.1 Å². The third-order valence-electron chi connectivity index (χ3n) is 2.37. The maximum absolute atomic E-state index is 13.2. The third kappa shape index (κ3) is 3.63. The van der Waals surface area contributed by atoms with Crippen LogP contribution >= 0.6 is 15.9 Å². The predicted octanol–water partition coefficient (Wildman–Crippen LogP) is 0.146. The van der Waals surface area contributed by atoms with Gasteiger partial charge in [-0.15, -0.1) is 0 Å². The van der Waals surface area contributed by atoms with Crippen LogP contribution in [0, 0.1) is 5.82 Å². The molecule has 0 aliphatic carbocycles. The zero-order chi connectivity index (χ0) is 14.6. The van der Waals surface area contributed by atoms with E-state index in [4.69, 9.17) is 15.9 Å². The lowest BCUT2D eigenvalue weighted by Gasteiger charge is -2.21. The van der Waals surface area contributed by atoms with Crippen molar-refractivity contribution in [3.05, 3.63) is 22.4 Å². The van der Waals surface area contributed by atoms with E-state index in [1.54, 1.807) is 0 Å². The van der Waals surface area contributed by atoms with Crippen LogP contribution in [0.3, 0.4) is 0 Å². The Bertz CT molecular complexity index is 547. The van der Waals surface area contributed by atoms with Crippen molar-refractivity contribution in [2.24, 2.45) is 0 Å². The molecule has 0 bridgehead atoms. The van der Waals surface area contributed by atoms with Crippen molar-refractivity contribution in [1.29, 1.82) is 0 Å². The lowest BCUT2D eigenvalue weighted by atomic mass is 10.3. The zero-order valence-electron chi connectivity index (χ0n) is 9.88. The highest BCUT2D eigenvalue weighted by Gasteiger charge is 2.26. The molecule has 19 heavy (non-hydrogen) atoms. The largest absolute Gasteiger partial charge is 0.398 e. The van der Waals surface area contributed by atoms with E-state index in [1.165, 1.54) is 0 Å². The number of anilines is 1. The fourth-order valence-electron chi connectivity index (χ4n) is 1.48. The summed E-state index contributed by atoms with van der Waals surface area (Å²) in [6, 6.07) is 1.95. The molecule has 0 saturated heterocycles. The molecule has 0 heterocycles. The number of halogens is 2. The predicted molar refractivity (Wildman–Crippen MR) is 71.4 cm³/mol. The number of nitrogens with zero attached hydrogens (tertiary/aromatic N) is 1. The number of hydrogen-bond acceptors (Lipinski definition) is 5. The molecule has 0 amide bonds. The second-order valence-corrected chi connectivity index (χ2v) is 6.42. The summed E-state index contributed by atoms with van der Waals surface area (Å²) < 4.78 is 38.6. The van der Waals surface area contributed by atoms with Crippen LogP contribution in [0.1, 0.15) is 0 Å². The van der Waals surface area contributed by atoms with E-state index in [-0.39, 0.29) is 28.1 Å². The van der Waals surface area contributed by atoms with Gasteiger partial charge in [-0.25, -0.2) is 12.8 Å². The van der Waals surface area contributed by atoms with Crippen LogP contribution in [0.2, 0.25) is 0 Å². The first kappa shape index (κ1) is 16.3. The molecule has 6 nitrogen and oxygen atoms in total. The molecule has 0 fully saturated rings. The molecule has 0 unspecified atom stereocenters. The molecular weight excluding hydrogens is 343 g/mol. The number of sulfonamides is 1. The van der Waals surface area contributed by atoms with E-state index in [2.05, 4.69) is 15.9 Å². The Hall–Kier alpha value is -0.740. The van der Waals surface area contributed by atoms with E-state index in [1.807, 2.05) is 0 Å². The lowest BCUT2D eigenvalue weighted by molar-refractivity contribution is 0.217.